The van der Waals surface area contributed by atoms with Gasteiger partial charge in [0.1, 0.15) is 5.75 Å². The van der Waals surface area contributed by atoms with Crippen LogP contribution in [0.25, 0.3) is 22.2 Å². The third-order valence-corrected chi connectivity index (χ3v) is 4.63. The molecule has 28 heavy (non-hydrogen) atoms. The Morgan fingerprint density at radius 3 is 2.64 bits per heavy atom. The van der Waals surface area contributed by atoms with Gasteiger partial charge in [-0.2, -0.15) is 0 Å². The molecular weight excluding hydrogens is 348 g/mol. The minimum absolute atomic E-state index is 0.192. The fourth-order valence-electron chi connectivity index (χ4n) is 3.17. The molecule has 0 bridgehead atoms. The number of aryl methyl sites for hydroxylation is 1. The number of fused-ring (bicyclic) bond motifs is 1. The van der Waals surface area contributed by atoms with Crippen molar-refractivity contribution in [3.05, 3.63) is 90.0 Å². The van der Waals surface area contributed by atoms with E-state index in [-0.39, 0.29) is 5.91 Å². The smallest absolute Gasteiger partial charge is 0.255 e. The molecule has 0 fully saturated rings. The predicted molar refractivity (Wildman–Crippen MR) is 113 cm³/mol. The van der Waals surface area contributed by atoms with Crippen LogP contribution in [0.3, 0.4) is 0 Å². The summed E-state index contributed by atoms with van der Waals surface area (Å²) in [5, 5.41) is 4.10. The number of amides is 1. The molecule has 4 heteroatoms. The third kappa shape index (κ3) is 3.58. The van der Waals surface area contributed by atoms with Gasteiger partial charge in [-0.25, -0.2) is 4.98 Å². The molecule has 0 unspecified atom stereocenters. The van der Waals surface area contributed by atoms with E-state index in [1.807, 2.05) is 42.5 Å². The average Bonchev–Trinajstić information content (AvgIpc) is 2.74. The van der Waals surface area contributed by atoms with Crippen molar-refractivity contribution in [2.75, 3.05) is 12.4 Å². The van der Waals surface area contributed by atoms with E-state index in [2.05, 4.69) is 30.4 Å². The number of hydrogen-bond donors (Lipinski definition) is 1. The molecule has 4 nitrogen and oxygen atoms in total. The van der Waals surface area contributed by atoms with E-state index in [0.29, 0.717) is 17.0 Å². The first kappa shape index (κ1) is 17.7. The molecule has 1 N–H and O–H groups in total. The van der Waals surface area contributed by atoms with Gasteiger partial charge in [0.2, 0.25) is 0 Å². The van der Waals surface area contributed by atoms with Crippen LogP contribution >= 0.6 is 0 Å². The average molecular weight is 368 g/mol. The highest BCUT2D eigenvalue weighted by Crippen LogP contribution is 2.29. The summed E-state index contributed by atoms with van der Waals surface area (Å²) < 4.78 is 5.21. The minimum atomic E-state index is -0.192. The minimum Gasteiger partial charge on any atom is -0.497 e. The van der Waals surface area contributed by atoms with Crippen LogP contribution in [0.5, 0.6) is 5.75 Å². The highest BCUT2D eigenvalue weighted by atomic mass is 16.5. The van der Waals surface area contributed by atoms with E-state index in [9.17, 15) is 4.79 Å². The summed E-state index contributed by atoms with van der Waals surface area (Å²) in [6.07, 6.45) is 0. The Balaban J connectivity index is 1.69. The summed E-state index contributed by atoms with van der Waals surface area (Å²) >= 11 is 0. The van der Waals surface area contributed by atoms with Gasteiger partial charge in [-0.3, -0.25) is 4.79 Å². The number of para-hydroxylation sites is 1. The summed E-state index contributed by atoms with van der Waals surface area (Å²) in [7, 11) is 1.58. The number of carbonyl (C=O) groups excluding carboxylic acids is 1. The van der Waals surface area contributed by atoms with E-state index in [0.717, 1.165) is 22.2 Å². The van der Waals surface area contributed by atoms with Crippen LogP contribution in [-0.4, -0.2) is 18.0 Å². The van der Waals surface area contributed by atoms with Crippen molar-refractivity contribution >= 4 is 22.5 Å². The molecule has 0 spiro atoms. The molecule has 4 rings (SSSR count). The fraction of sp³-hybridized carbons (Fsp3) is 0.0833. The zero-order valence-electron chi connectivity index (χ0n) is 15.8. The van der Waals surface area contributed by atoms with Crippen molar-refractivity contribution in [3.63, 3.8) is 0 Å². The molecule has 0 atom stereocenters. The Hall–Kier alpha value is -3.66. The molecule has 3 aromatic carbocycles. The molecule has 1 heterocycles. The Morgan fingerprint density at radius 1 is 0.929 bits per heavy atom. The number of rotatable bonds is 4. The van der Waals surface area contributed by atoms with E-state index in [4.69, 9.17) is 9.72 Å². The van der Waals surface area contributed by atoms with Crippen LogP contribution in [0.15, 0.2) is 78.9 Å². The maximum absolute atomic E-state index is 12.7. The number of methoxy groups -OCH3 is 1. The Labute approximate surface area is 163 Å². The summed E-state index contributed by atoms with van der Waals surface area (Å²) in [5.74, 6) is 0.454. The maximum Gasteiger partial charge on any atom is 0.255 e. The lowest BCUT2D eigenvalue weighted by atomic mass is 10.1. The van der Waals surface area contributed by atoms with Crippen molar-refractivity contribution in [1.29, 1.82) is 0 Å². The lowest BCUT2D eigenvalue weighted by Gasteiger charge is -2.12. The molecular formula is C24H20N2O2. The second-order valence-corrected chi connectivity index (χ2v) is 6.62. The van der Waals surface area contributed by atoms with Crippen LogP contribution in [0.2, 0.25) is 0 Å². The van der Waals surface area contributed by atoms with Crippen LogP contribution in [-0.2, 0) is 0 Å². The van der Waals surface area contributed by atoms with Gasteiger partial charge in [0.05, 0.1) is 24.0 Å². The number of pyridine rings is 1. The fourth-order valence-corrected chi connectivity index (χ4v) is 3.17. The SMILES string of the molecule is COc1cccc(C(=O)Nc2ccccc2-c2ccc3cc(C)ccc3n2)c1. The van der Waals surface area contributed by atoms with Crippen molar-refractivity contribution in [2.24, 2.45) is 0 Å². The molecule has 0 saturated carbocycles. The number of benzene rings is 3. The quantitative estimate of drug-likeness (QED) is 0.519. The molecule has 1 aromatic heterocycles. The first-order chi connectivity index (χ1) is 13.6. The lowest BCUT2D eigenvalue weighted by Crippen LogP contribution is -2.12. The van der Waals surface area contributed by atoms with Crippen LogP contribution in [0, 0.1) is 6.92 Å². The van der Waals surface area contributed by atoms with Gasteiger partial charge in [0.15, 0.2) is 0 Å². The van der Waals surface area contributed by atoms with Gasteiger partial charge in [-0.15, -0.1) is 0 Å². The second kappa shape index (κ2) is 7.53. The lowest BCUT2D eigenvalue weighted by molar-refractivity contribution is 0.102. The van der Waals surface area contributed by atoms with E-state index in [1.54, 1.807) is 25.3 Å². The number of ether oxygens (including phenoxy) is 1. The predicted octanol–water partition coefficient (Wildman–Crippen LogP) is 5.47. The molecule has 1 amide bonds. The molecule has 4 aromatic rings. The second-order valence-electron chi connectivity index (χ2n) is 6.62. The highest BCUT2D eigenvalue weighted by Gasteiger charge is 2.12. The molecule has 138 valence electrons. The molecule has 0 aliphatic heterocycles. The molecule has 0 aliphatic rings. The van der Waals surface area contributed by atoms with E-state index in [1.165, 1.54) is 5.56 Å². The maximum atomic E-state index is 12.7. The number of carbonyl (C=O) groups is 1. The molecule has 0 aliphatic carbocycles. The highest BCUT2D eigenvalue weighted by molar-refractivity contribution is 6.06. The van der Waals surface area contributed by atoms with Gasteiger partial charge in [-0.1, -0.05) is 42.0 Å². The number of nitrogens with one attached hydrogen (secondary N) is 1. The topological polar surface area (TPSA) is 51.2 Å². The van der Waals surface area contributed by atoms with Crippen LogP contribution < -0.4 is 10.1 Å². The summed E-state index contributed by atoms with van der Waals surface area (Å²) in [6.45, 7) is 2.07. The monoisotopic (exact) mass is 368 g/mol. The van der Waals surface area contributed by atoms with Gasteiger partial charge in [0.25, 0.3) is 5.91 Å². The first-order valence-electron chi connectivity index (χ1n) is 9.06. The zero-order chi connectivity index (χ0) is 19.5. The van der Waals surface area contributed by atoms with Crippen molar-refractivity contribution in [1.82, 2.24) is 4.98 Å². The van der Waals surface area contributed by atoms with Gasteiger partial charge in [0, 0.05) is 16.5 Å². The normalized spacial score (nSPS) is 10.6. The third-order valence-electron chi connectivity index (χ3n) is 4.63. The van der Waals surface area contributed by atoms with Crippen LogP contribution in [0.4, 0.5) is 5.69 Å². The van der Waals surface area contributed by atoms with Crippen LogP contribution in [0.1, 0.15) is 15.9 Å². The molecule has 0 radical (unpaired) electrons. The number of nitrogens with zero attached hydrogens (tertiary/aromatic N) is 1. The van der Waals surface area contributed by atoms with Gasteiger partial charge in [-0.05, 0) is 49.4 Å². The standard InChI is InChI=1S/C24H20N2O2/c1-16-10-12-21-17(14-16)11-13-23(25-21)20-8-3-4-9-22(20)26-24(27)18-6-5-7-19(15-18)28-2/h3-15H,1-2H3,(H,26,27). The number of aromatic nitrogens is 1. The van der Waals surface area contributed by atoms with Gasteiger partial charge < -0.3 is 10.1 Å². The summed E-state index contributed by atoms with van der Waals surface area (Å²) in [6, 6.07) is 25.0. The van der Waals surface area contributed by atoms with Gasteiger partial charge >= 0.3 is 0 Å². The first-order valence-corrected chi connectivity index (χ1v) is 9.06. The van der Waals surface area contributed by atoms with E-state index < -0.39 is 0 Å². The largest absolute Gasteiger partial charge is 0.497 e. The number of hydrogen-bond acceptors (Lipinski definition) is 3. The number of anilines is 1. The van der Waals surface area contributed by atoms with Crippen molar-refractivity contribution in [2.45, 2.75) is 6.92 Å². The zero-order valence-corrected chi connectivity index (χ0v) is 15.8. The molecule has 0 saturated heterocycles. The van der Waals surface area contributed by atoms with Crippen molar-refractivity contribution in [3.8, 4) is 17.0 Å². The Morgan fingerprint density at radius 2 is 1.79 bits per heavy atom. The summed E-state index contributed by atoms with van der Waals surface area (Å²) in [4.78, 5) is 17.5. The Bertz CT molecular complexity index is 1170. The summed E-state index contributed by atoms with van der Waals surface area (Å²) in [5.41, 5.74) is 5.08. The van der Waals surface area contributed by atoms with E-state index >= 15 is 0 Å². The van der Waals surface area contributed by atoms with Crippen molar-refractivity contribution < 1.29 is 9.53 Å². The Kier molecular flexibility index (Phi) is 4.77.